The maximum Gasteiger partial charge on any atom is 0.126 e. The molecule has 0 fully saturated rings. The molecular formula is C4H2N2S3. The Morgan fingerprint density at radius 2 is 2.22 bits per heavy atom. The van der Waals surface area contributed by atoms with Crippen molar-refractivity contribution >= 4 is 36.8 Å². The Bertz CT molecular complexity index is 240. The van der Waals surface area contributed by atoms with Crippen molar-refractivity contribution in [3.63, 3.8) is 0 Å². The van der Waals surface area contributed by atoms with Gasteiger partial charge in [0, 0.05) is 0 Å². The largest absolute Gasteiger partial charge is 0.192 e. The van der Waals surface area contributed by atoms with E-state index in [0.717, 1.165) is 0 Å². The van der Waals surface area contributed by atoms with Crippen molar-refractivity contribution < 1.29 is 0 Å². The third kappa shape index (κ3) is 1.21. The molecule has 0 aromatic carbocycles. The van der Waals surface area contributed by atoms with E-state index < -0.39 is 0 Å². The Hall–Kier alpha value is -0.180. The van der Waals surface area contributed by atoms with Gasteiger partial charge in [-0.3, -0.25) is 0 Å². The molecule has 0 N–H and O–H groups in total. The lowest BCUT2D eigenvalue weighted by atomic mass is 10.4. The first-order valence-electron chi connectivity index (χ1n) is 2.03. The van der Waals surface area contributed by atoms with Crippen LogP contribution in [0.5, 0.6) is 0 Å². The summed E-state index contributed by atoms with van der Waals surface area (Å²) in [5, 5.41) is 8.87. The van der Waals surface area contributed by atoms with Crippen LogP contribution in [0.2, 0.25) is 0 Å². The van der Waals surface area contributed by atoms with Gasteiger partial charge in [0.15, 0.2) is 0 Å². The molecule has 0 unspecified atom stereocenters. The number of nitriles is 1. The van der Waals surface area contributed by atoms with E-state index in [1.54, 1.807) is 0 Å². The van der Waals surface area contributed by atoms with Gasteiger partial charge in [-0.25, -0.2) is 0 Å². The van der Waals surface area contributed by atoms with E-state index in [2.05, 4.69) is 29.6 Å². The predicted octanol–water partition coefficient (Wildman–Crippen LogP) is 1.59. The van der Waals surface area contributed by atoms with Crippen molar-refractivity contribution in [1.29, 1.82) is 5.26 Å². The van der Waals surface area contributed by atoms with E-state index in [0.29, 0.717) is 14.8 Å². The van der Waals surface area contributed by atoms with Crippen molar-refractivity contribution in [3.05, 3.63) is 5.56 Å². The highest BCUT2D eigenvalue weighted by molar-refractivity contribution is 7.83. The van der Waals surface area contributed by atoms with Crippen molar-refractivity contribution in [2.45, 2.75) is 9.24 Å². The summed E-state index contributed by atoms with van der Waals surface area (Å²) in [4.78, 5) is 0. The smallest absolute Gasteiger partial charge is 0.126 e. The van der Waals surface area contributed by atoms with Crippen molar-refractivity contribution in [3.8, 4) is 6.07 Å². The highest BCUT2D eigenvalue weighted by Gasteiger charge is 2.05. The summed E-state index contributed by atoms with van der Waals surface area (Å²) in [6.07, 6.45) is 0. The van der Waals surface area contributed by atoms with Gasteiger partial charge in [0.25, 0.3) is 0 Å². The van der Waals surface area contributed by atoms with Crippen LogP contribution in [0.25, 0.3) is 0 Å². The summed E-state index contributed by atoms with van der Waals surface area (Å²) in [6.45, 7) is 0. The summed E-state index contributed by atoms with van der Waals surface area (Å²) in [7, 11) is 0. The maximum absolute atomic E-state index is 8.41. The molecule has 0 amide bonds. The second-order valence-electron chi connectivity index (χ2n) is 1.30. The van der Waals surface area contributed by atoms with Crippen molar-refractivity contribution in [2.75, 3.05) is 0 Å². The van der Waals surface area contributed by atoms with Gasteiger partial charge in [-0.1, -0.05) is 0 Å². The van der Waals surface area contributed by atoms with E-state index in [4.69, 9.17) is 5.26 Å². The van der Waals surface area contributed by atoms with Crippen LogP contribution >= 0.6 is 36.8 Å². The van der Waals surface area contributed by atoms with E-state index in [-0.39, 0.29) is 0 Å². The number of aromatic nitrogens is 1. The molecule has 1 rings (SSSR count). The zero-order chi connectivity index (χ0) is 6.85. The lowest BCUT2D eigenvalue weighted by Gasteiger charge is -1.78. The molecule has 46 valence electrons. The van der Waals surface area contributed by atoms with Crippen LogP contribution in [0.1, 0.15) is 5.56 Å². The van der Waals surface area contributed by atoms with Crippen LogP contribution in [0.15, 0.2) is 9.24 Å². The predicted molar refractivity (Wildman–Crippen MR) is 41.3 cm³/mol. The third-order valence-corrected chi connectivity index (χ3v) is 2.35. The molecule has 0 atom stereocenters. The van der Waals surface area contributed by atoms with Crippen LogP contribution in [0, 0.1) is 11.3 Å². The average Bonchev–Trinajstić information content (AvgIpc) is 2.12. The Labute approximate surface area is 67.5 Å². The molecule has 5 heteroatoms. The van der Waals surface area contributed by atoms with E-state index >= 15 is 0 Å². The molecule has 0 aliphatic heterocycles. The van der Waals surface area contributed by atoms with Gasteiger partial charge >= 0.3 is 0 Å². The summed E-state index contributed by atoms with van der Waals surface area (Å²) >= 11 is 9.08. The number of hydrogen-bond donors (Lipinski definition) is 2. The summed E-state index contributed by atoms with van der Waals surface area (Å²) < 4.78 is 4.42. The topological polar surface area (TPSA) is 36.7 Å². The number of rotatable bonds is 0. The van der Waals surface area contributed by atoms with Crippen molar-refractivity contribution in [2.24, 2.45) is 0 Å². The lowest BCUT2D eigenvalue weighted by Crippen LogP contribution is -1.69. The Balaban J connectivity index is 3.27. The first kappa shape index (κ1) is 6.93. The van der Waals surface area contributed by atoms with Gasteiger partial charge in [0.2, 0.25) is 0 Å². The first-order valence-corrected chi connectivity index (χ1v) is 3.70. The number of thiol groups is 2. The number of nitrogens with zero attached hydrogens (tertiary/aromatic N) is 2. The number of hydrogen-bond acceptors (Lipinski definition) is 5. The highest BCUT2D eigenvalue weighted by atomic mass is 32.2. The zero-order valence-electron chi connectivity index (χ0n) is 4.20. The molecule has 0 saturated carbocycles. The van der Waals surface area contributed by atoms with Crippen LogP contribution in [0.3, 0.4) is 0 Å². The SMILES string of the molecule is N#Cc1c(S)nsc1S. The molecule has 1 aromatic heterocycles. The van der Waals surface area contributed by atoms with E-state index in [1.165, 1.54) is 11.5 Å². The summed E-state index contributed by atoms with van der Waals surface area (Å²) in [5.74, 6) is 0. The molecule has 0 aliphatic carbocycles. The first-order chi connectivity index (χ1) is 4.25. The summed E-state index contributed by atoms with van der Waals surface area (Å²) in [6, 6.07) is 1.94. The molecular weight excluding hydrogens is 172 g/mol. The molecule has 0 aliphatic rings. The molecule has 0 spiro atoms. The maximum atomic E-state index is 8.41. The van der Waals surface area contributed by atoms with E-state index in [9.17, 15) is 0 Å². The minimum atomic E-state index is 0.465. The van der Waals surface area contributed by atoms with Crippen LogP contribution < -0.4 is 0 Å². The quantitative estimate of drug-likeness (QED) is 0.586. The normalized spacial score (nSPS) is 9.00. The van der Waals surface area contributed by atoms with E-state index in [1.807, 2.05) is 6.07 Å². The fraction of sp³-hybridized carbons (Fsp3) is 0. The van der Waals surface area contributed by atoms with Gasteiger partial charge < -0.3 is 0 Å². The van der Waals surface area contributed by atoms with Crippen LogP contribution in [-0.2, 0) is 0 Å². The fourth-order valence-corrected chi connectivity index (χ4v) is 1.60. The monoisotopic (exact) mass is 174 g/mol. The molecule has 2 nitrogen and oxygen atoms in total. The van der Waals surface area contributed by atoms with Gasteiger partial charge in [-0.15, -0.1) is 25.3 Å². The second-order valence-corrected chi connectivity index (χ2v) is 3.24. The molecule has 0 bridgehead atoms. The van der Waals surface area contributed by atoms with Gasteiger partial charge in [0.1, 0.15) is 16.7 Å². The van der Waals surface area contributed by atoms with Gasteiger partial charge in [0.05, 0.1) is 4.21 Å². The van der Waals surface area contributed by atoms with Crippen LogP contribution in [0.4, 0.5) is 0 Å². The molecule has 1 heterocycles. The molecule has 0 radical (unpaired) electrons. The Morgan fingerprint density at radius 3 is 2.44 bits per heavy atom. The third-order valence-electron chi connectivity index (χ3n) is 0.768. The lowest BCUT2D eigenvalue weighted by molar-refractivity contribution is 1.25. The molecule has 9 heavy (non-hydrogen) atoms. The molecule has 1 aromatic rings. The van der Waals surface area contributed by atoms with Gasteiger partial charge in [-0.05, 0) is 11.5 Å². The van der Waals surface area contributed by atoms with Crippen molar-refractivity contribution in [1.82, 2.24) is 4.37 Å². The zero-order valence-corrected chi connectivity index (χ0v) is 6.80. The minimum absolute atomic E-state index is 0.465. The fourth-order valence-electron chi connectivity index (χ4n) is 0.371. The Kier molecular flexibility index (Phi) is 2.01. The average molecular weight is 174 g/mol. The molecule has 0 saturated heterocycles. The standard InChI is InChI=1S/C4H2N2S3/c5-1-2-3(7)6-9-4(2)8/h8H,(H,6,7). The van der Waals surface area contributed by atoms with Crippen LogP contribution in [-0.4, -0.2) is 4.37 Å². The highest BCUT2D eigenvalue weighted by Crippen LogP contribution is 2.23. The van der Waals surface area contributed by atoms with Gasteiger partial charge in [-0.2, -0.15) is 9.64 Å². The Morgan fingerprint density at radius 1 is 1.56 bits per heavy atom. The summed E-state index contributed by atoms with van der Waals surface area (Å²) in [5.41, 5.74) is 0.465. The second kappa shape index (κ2) is 2.60. The minimum Gasteiger partial charge on any atom is -0.192 e.